The SMILES string of the molecule is COc1cc(OS(C)(=O)=O)cc(C(C)(C)C)c1. The standard InChI is InChI=1S/C12H18O4S/c1-12(2,3)9-6-10(15-4)8-11(7-9)16-17(5,13)14/h6-8H,1-5H3. The van der Waals surface area contributed by atoms with Crippen molar-refractivity contribution in [3.63, 3.8) is 0 Å². The highest BCUT2D eigenvalue weighted by Crippen LogP contribution is 2.31. The number of rotatable bonds is 3. The molecule has 0 fully saturated rings. The Labute approximate surface area is 103 Å². The predicted octanol–water partition coefficient (Wildman–Crippen LogP) is 2.33. The minimum atomic E-state index is -3.52. The molecular formula is C12H18O4S. The van der Waals surface area contributed by atoms with Crippen LogP contribution in [0.1, 0.15) is 26.3 Å². The van der Waals surface area contributed by atoms with E-state index in [9.17, 15) is 8.42 Å². The van der Waals surface area contributed by atoms with Gasteiger partial charge in [-0.1, -0.05) is 20.8 Å². The first-order valence-electron chi connectivity index (χ1n) is 5.21. The van der Waals surface area contributed by atoms with Gasteiger partial charge in [-0.3, -0.25) is 0 Å². The molecule has 0 spiro atoms. The van der Waals surface area contributed by atoms with E-state index in [1.165, 1.54) is 7.11 Å². The normalized spacial score (nSPS) is 12.3. The number of hydrogen-bond donors (Lipinski definition) is 0. The third kappa shape index (κ3) is 4.26. The minimum absolute atomic E-state index is 0.107. The molecule has 5 heteroatoms. The van der Waals surface area contributed by atoms with Gasteiger partial charge in [0.15, 0.2) is 0 Å². The summed E-state index contributed by atoms with van der Waals surface area (Å²) < 4.78 is 32.2. The molecule has 0 unspecified atom stereocenters. The van der Waals surface area contributed by atoms with Crippen LogP contribution in [-0.2, 0) is 15.5 Å². The van der Waals surface area contributed by atoms with Crippen molar-refractivity contribution in [2.45, 2.75) is 26.2 Å². The molecule has 0 heterocycles. The van der Waals surface area contributed by atoms with Crippen LogP contribution in [0.3, 0.4) is 0 Å². The van der Waals surface area contributed by atoms with Gasteiger partial charge < -0.3 is 8.92 Å². The number of methoxy groups -OCH3 is 1. The van der Waals surface area contributed by atoms with Crippen LogP contribution >= 0.6 is 0 Å². The quantitative estimate of drug-likeness (QED) is 0.781. The Hall–Kier alpha value is -1.23. The highest BCUT2D eigenvalue weighted by molar-refractivity contribution is 7.86. The van der Waals surface area contributed by atoms with Gasteiger partial charge >= 0.3 is 10.1 Å². The summed E-state index contributed by atoms with van der Waals surface area (Å²) in [6.45, 7) is 6.10. The van der Waals surface area contributed by atoms with Crippen molar-refractivity contribution in [2.24, 2.45) is 0 Å². The van der Waals surface area contributed by atoms with E-state index in [2.05, 4.69) is 0 Å². The van der Waals surface area contributed by atoms with Crippen LogP contribution in [0.5, 0.6) is 11.5 Å². The number of benzene rings is 1. The zero-order valence-corrected chi connectivity index (χ0v) is 11.6. The van der Waals surface area contributed by atoms with Crippen LogP contribution in [0.15, 0.2) is 18.2 Å². The second-order valence-electron chi connectivity index (χ2n) is 4.93. The Morgan fingerprint density at radius 2 is 1.59 bits per heavy atom. The Bertz CT molecular complexity index is 498. The lowest BCUT2D eigenvalue weighted by molar-refractivity contribution is 0.409. The number of ether oxygens (including phenoxy) is 1. The van der Waals surface area contributed by atoms with Crippen LogP contribution in [0, 0.1) is 0 Å². The molecule has 0 aromatic heterocycles. The molecule has 4 nitrogen and oxygen atoms in total. The summed E-state index contributed by atoms with van der Waals surface area (Å²) in [5.41, 5.74) is 0.847. The topological polar surface area (TPSA) is 52.6 Å². The van der Waals surface area contributed by atoms with Gasteiger partial charge in [0.2, 0.25) is 0 Å². The van der Waals surface area contributed by atoms with Crippen molar-refractivity contribution in [2.75, 3.05) is 13.4 Å². The molecule has 1 rings (SSSR count). The average Bonchev–Trinajstić information content (AvgIpc) is 2.13. The van der Waals surface area contributed by atoms with E-state index in [-0.39, 0.29) is 11.2 Å². The van der Waals surface area contributed by atoms with Gasteiger partial charge in [0.25, 0.3) is 0 Å². The Kier molecular flexibility index (Phi) is 3.71. The highest BCUT2D eigenvalue weighted by Gasteiger charge is 2.17. The van der Waals surface area contributed by atoms with Crippen molar-refractivity contribution in [3.05, 3.63) is 23.8 Å². The molecule has 0 saturated heterocycles. The zero-order chi connectivity index (χ0) is 13.3. The maximum Gasteiger partial charge on any atom is 0.306 e. The molecule has 0 amide bonds. The van der Waals surface area contributed by atoms with E-state index in [1.54, 1.807) is 12.1 Å². The average molecular weight is 258 g/mol. The zero-order valence-electron chi connectivity index (χ0n) is 10.8. The van der Waals surface area contributed by atoms with E-state index in [1.807, 2.05) is 26.8 Å². The molecule has 17 heavy (non-hydrogen) atoms. The molecule has 0 N–H and O–H groups in total. The minimum Gasteiger partial charge on any atom is -0.497 e. The molecule has 0 atom stereocenters. The molecular weight excluding hydrogens is 240 g/mol. The maximum atomic E-state index is 11.1. The summed E-state index contributed by atoms with van der Waals surface area (Å²) in [6.07, 6.45) is 1.02. The Balaban J connectivity index is 3.24. The molecule has 1 aromatic rings. The van der Waals surface area contributed by atoms with Gasteiger partial charge in [-0.2, -0.15) is 8.42 Å². The predicted molar refractivity (Wildman–Crippen MR) is 67.2 cm³/mol. The summed E-state index contributed by atoms with van der Waals surface area (Å²) in [5, 5.41) is 0. The van der Waals surface area contributed by atoms with E-state index in [4.69, 9.17) is 8.92 Å². The molecule has 0 bridgehead atoms. The van der Waals surface area contributed by atoms with Crippen LogP contribution in [0.4, 0.5) is 0 Å². The lowest BCUT2D eigenvalue weighted by atomic mass is 9.87. The smallest absolute Gasteiger partial charge is 0.306 e. The monoisotopic (exact) mass is 258 g/mol. The van der Waals surface area contributed by atoms with Crippen molar-refractivity contribution < 1.29 is 17.3 Å². The molecule has 0 saturated carbocycles. The van der Waals surface area contributed by atoms with Gasteiger partial charge in [0.1, 0.15) is 11.5 Å². The summed E-state index contributed by atoms with van der Waals surface area (Å²) in [4.78, 5) is 0. The second kappa shape index (κ2) is 4.56. The maximum absolute atomic E-state index is 11.1. The first kappa shape index (κ1) is 13.8. The molecule has 0 aliphatic heterocycles. The van der Waals surface area contributed by atoms with Crippen molar-refractivity contribution >= 4 is 10.1 Å². The van der Waals surface area contributed by atoms with Gasteiger partial charge in [-0.15, -0.1) is 0 Å². The third-order valence-electron chi connectivity index (χ3n) is 2.23. The Morgan fingerprint density at radius 1 is 1.06 bits per heavy atom. The largest absolute Gasteiger partial charge is 0.497 e. The molecule has 0 radical (unpaired) electrons. The van der Waals surface area contributed by atoms with Crippen LogP contribution in [0.2, 0.25) is 0 Å². The van der Waals surface area contributed by atoms with Gasteiger partial charge in [-0.25, -0.2) is 0 Å². The van der Waals surface area contributed by atoms with E-state index < -0.39 is 10.1 Å². The first-order valence-corrected chi connectivity index (χ1v) is 7.02. The third-order valence-corrected chi connectivity index (χ3v) is 2.72. The van der Waals surface area contributed by atoms with Gasteiger partial charge in [0, 0.05) is 6.07 Å². The van der Waals surface area contributed by atoms with Crippen molar-refractivity contribution in [1.29, 1.82) is 0 Å². The molecule has 0 aliphatic carbocycles. The van der Waals surface area contributed by atoms with Crippen molar-refractivity contribution in [3.8, 4) is 11.5 Å². The lowest BCUT2D eigenvalue weighted by Crippen LogP contribution is -2.12. The lowest BCUT2D eigenvalue weighted by Gasteiger charge is -2.20. The molecule has 1 aromatic carbocycles. The van der Waals surface area contributed by atoms with Crippen LogP contribution < -0.4 is 8.92 Å². The van der Waals surface area contributed by atoms with E-state index in [0.29, 0.717) is 5.75 Å². The fourth-order valence-corrected chi connectivity index (χ4v) is 1.79. The van der Waals surface area contributed by atoms with Gasteiger partial charge in [0.05, 0.1) is 13.4 Å². The molecule has 0 aliphatic rings. The Morgan fingerprint density at radius 3 is 2.00 bits per heavy atom. The van der Waals surface area contributed by atoms with E-state index in [0.717, 1.165) is 11.8 Å². The van der Waals surface area contributed by atoms with Gasteiger partial charge in [-0.05, 0) is 23.1 Å². The molecule has 96 valence electrons. The van der Waals surface area contributed by atoms with Crippen LogP contribution in [0.25, 0.3) is 0 Å². The van der Waals surface area contributed by atoms with Crippen LogP contribution in [-0.4, -0.2) is 21.8 Å². The summed E-state index contributed by atoms with van der Waals surface area (Å²) in [7, 11) is -1.99. The number of hydrogen-bond acceptors (Lipinski definition) is 4. The van der Waals surface area contributed by atoms with E-state index >= 15 is 0 Å². The first-order chi connectivity index (χ1) is 7.62. The fraction of sp³-hybridized carbons (Fsp3) is 0.500. The fourth-order valence-electron chi connectivity index (χ4n) is 1.35. The second-order valence-corrected chi connectivity index (χ2v) is 6.51. The summed E-state index contributed by atoms with van der Waals surface area (Å²) >= 11 is 0. The highest BCUT2D eigenvalue weighted by atomic mass is 32.2. The summed E-state index contributed by atoms with van der Waals surface area (Å²) in [5.74, 6) is 0.854. The summed E-state index contributed by atoms with van der Waals surface area (Å²) in [6, 6.07) is 5.13. The van der Waals surface area contributed by atoms with Crippen molar-refractivity contribution in [1.82, 2.24) is 0 Å².